The maximum Gasteiger partial charge on any atom is 0.289 e. The molecule has 0 saturated carbocycles. The monoisotopic (exact) mass is 492 g/mol. The second-order valence-corrected chi connectivity index (χ2v) is 9.74. The summed E-state index contributed by atoms with van der Waals surface area (Å²) in [5.74, 6) is 1.18. The number of thiazole rings is 1. The molecule has 1 atom stereocenters. The predicted molar refractivity (Wildman–Crippen MR) is 133 cm³/mol. The normalized spacial score (nSPS) is 15.3. The van der Waals surface area contributed by atoms with Crippen LogP contribution in [0.2, 0.25) is 0 Å². The number of likely N-dealkylation sites (tertiary alicyclic amines) is 1. The predicted octanol–water partition coefficient (Wildman–Crippen LogP) is 4.23. The summed E-state index contributed by atoms with van der Waals surface area (Å²) in [5.41, 5.74) is 1.58. The van der Waals surface area contributed by atoms with E-state index < -0.39 is 0 Å². The average Bonchev–Trinajstić information content (AvgIpc) is 3.65. The number of rotatable bonds is 7. The van der Waals surface area contributed by atoms with E-state index in [1.54, 1.807) is 30.3 Å². The van der Waals surface area contributed by atoms with E-state index in [-0.39, 0.29) is 23.8 Å². The second-order valence-electron chi connectivity index (χ2n) is 8.86. The number of methoxy groups -OCH3 is 1. The number of carbonyl (C=O) groups is 2. The molecule has 2 amide bonds. The van der Waals surface area contributed by atoms with Crippen molar-refractivity contribution < 1.29 is 18.7 Å². The van der Waals surface area contributed by atoms with E-state index in [1.807, 2.05) is 46.1 Å². The van der Waals surface area contributed by atoms with Gasteiger partial charge in [-0.05, 0) is 55.0 Å². The van der Waals surface area contributed by atoms with Gasteiger partial charge >= 0.3 is 0 Å². The van der Waals surface area contributed by atoms with E-state index in [4.69, 9.17) is 9.15 Å². The molecule has 9 heteroatoms. The summed E-state index contributed by atoms with van der Waals surface area (Å²) in [5, 5.41) is 1.95. The molecule has 3 aromatic heterocycles. The summed E-state index contributed by atoms with van der Waals surface area (Å²) in [6.07, 6.45) is 7.52. The number of furan rings is 1. The summed E-state index contributed by atoms with van der Waals surface area (Å²) in [4.78, 5) is 35.2. The highest BCUT2D eigenvalue weighted by molar-refractivity contribution is 7.15. The first kappa shape index (κ1) is 23.2. The lowest BCUT2D eigenvalue weighted by atomic mass is 9.84. The van der Waals surface area contributed by atoms with Crippen LogP contribution in [0.1, 0.15) is 39.4 Å². The number of amides is 2. The Morgan fingerprint density at radius 1 is 1.26 bits per heavy atom. The van der Waals surface area contributed by atoms with Gasteiger partial charge < -0.3 is 19.0 Å². The first-order valence-electron chi connectivity index (χ1n) is 11.7. The Morgan fingerprint density at radius 2 is 2.09 bits per heavy atom. The number of hydrogen-bond donors (Lipinski definition) is 0. The third-order valence-electron chi connectivity index (χ3n) is 6.81. The fourth-order valence-electron chi connectivity index (χ4n) is 4.87. The molecule has 1 aromatic carbocycles. The van der Waals surface area contributed by atoms with Crippen LogP contribution in [-0.4, -0.2) is 64.3 Å². The Labute approximate surface area is 207 Å². The van der Waals surface area contributed by atoms with Crippen LogP contribution < -0.4 is 4.74 Å². The zero-order valence-electron chi connectivity index (χ0n) is 19.8. The third kappa shape index (κ3) is 4.81. The Balaban J connectivity index is 1.32. The number of nitrogens with zero attached hydrogens (tertiary/aromatic N) is 4. The van der Waals surface area contributed by atoms with Crippen molar-refractivity contribution in [3.05, 3.63) is 77.5 Å². The lowest BCUT2D eigenvalue weighted by molar-refractivity contribution is 0.0502. The largest absolute Gasteiger partial charge is 0.497 e. The van der Waals surface area contributed by atoms with Gasteiger partial charge in [-0.25, -0.2) is 4.98 Å². The lowest BCUT2D eigenvalue weighted by Gasteiger charge is -2.39. The molecule has 0 aliphatic carbocycles. The summed E-state index contributed by atoms with van der Waals surface area (Å²) >= 11 is 1.51. The highest BCUT2D eigenvalue weighted by Crippen LogP contribution is 2.29. The van der Waals surface area contributed by atoms with Crippen LogP contribution in [0.4, 0.5) is 0 Å². The quantitative estimate of drug-likeness (QED) is 0.386. The molecular weight excluding hydrogens is 464 g/mol. The van der Waals surface area contributed by atoms with Crippen molar-refractivity contribution in [2.24, 2.45) is 5.92 Å². The number of benzene rings is 1. The molecule has 1 fully saturated rings. The molecule has 4 aromatic rings. The van der Waals surface area contributed by atoms with Gasteiger partial charge in [0.15, 0.2) is 10.7 Å². The summed E-state index contributed by atoms with van der Waals surface area (Å²) in [6, 6.07) is 11.3. The molecule has 1 aliphatic rings. The SMILES string of the molecule is COc1cccc(C[C@@H](C2CCN(C(=O)c3cn4ccsc4n3)CC2)N(C)C(=O)c2ccco2)c1. The van der Waals surface area contributed by atoms with E-state index >= 15 is 0 Å². The maximum atomic E-state index is 13.2. The Bertz CT molecular complexity index is 1280. The molecule has 5 rings (SSSR count). The van der Waals surface area contributed by atoms with E-state index in [9.17, 15) is 9.59 Å². The fourth-order valence-corrected chi connectivity index (χ4v) is 5.57. The highest BCUT2D eigenvalue weighted by Gasteiger charge is 2.34. The minimum absolute atomic E-state index is 0.0382. The molecule has 4 heterocycles. The van der Waals surface area contributed by atoms with Gasteiger partial charge in [-0.2, -0.15) is 0 Å². The molecule has 35 heavy (non-hydrogen) atoms. The number of imidazole rings is 1. The summed E-state index contributed by atoms with van der Waals surface area (Å²) < 4.78 is 12.7. The van der Waals surface area contributed by atoms with Gasteiger partial charge in [0.1, 0.15) is 11.4 Å². The van der Waals surface area contributed by atoms with Crippen LogP contribution in [0.3, 0.4) is 0 Å². The minimum Gasteiger partial charge on any atom is -0.497 e. The van der Waals surface area contributed by atoms with E-state index in [0.717, 1.165) is 29.1 Å². The van der Waals surface area contributed by atoms with Gasteiger partial charge in [-0.1, -0.05) is 12.1 Å². The van der Waals surface area contributed by atoms with E-state index in [2.05, 4.69) is 11.1 Å². The number of ether oxygens (including phenoxy) is 1. The van der Waals surface area contributed by atoms with Gasteiger partial charge in [0.2, 0.25) is 0 Å². The van der Waals surface area contributed by atoms with Crippen LogP contribution in [0.25, 0.3) is 4.96 Å². The number of likely N-dealkylation sites (N-methyl/N-ethyl adjacent to an activating group) is 1. The van der Waals surface area contributed by atoms with Gasteiger partial charge in [0.25, 0.3) is 11.8 Å². The molecule has 8 nitrogen and oxygen atoms in total. The maximum absolute atomic E-state index is 13.2. The molecule has 1 aliphatic heterocycles. The van der Waals surface area contributed by atoms with Crippen molar-refractivity contribution in [3.8, 4) is 5.75 Å². The summed E-state index contributed by atoms with van der Waals surface area (Å²) in [7, 11) is 3.49. The molecule has 0 bridgehead atoms. The minimum atomic E-state index is -0.139. The molecule has 1 saturated heterocycles. The smallest absolute Gasteiger partial charge is 0.289 e. The van der Waals surface area contributed by atoms with Crippen molar-refractivity contribution >= 4 is 28.1 Å². The zero-order chi connectivity index (χ0) is 24.4. The van der Waals surface area contributed by atoms with Crippen LogP contribution in [0.15, 0.2) is 64.9 Å². The molecular formula is C26H28N4O4S. The van der Waals surface area contributed by atoms with Crippen molar-refractivity contribution in [2.45, 2.75) is 25.3 Å². The number of carbonyl (C=O) groups excluding carboxylic acids is 2. The molecule has 0 unspecified atom stereocenters. The van der Waals surface area contributed by atoms with Gasteiger partial charge in [0, 0.05) is 44.0 Å². The average molecular weight is 493 g/mol. The first-order chi connectivity index (χ1) is 17.0. The van der Waals surface area contributed by atoms with Crippen molar-refractivity contribution in [1.82, 2.24) is 19.2 Å². The van der Waals surface area contributed by atoms with Crippen LogP contribution in [0.5, 0.6) is 5.75 Å². The van der Waals surface area contributed by atoms with E-state index in [0.29, 0.717) is 31.0 Å². The number of piperidine rings is 1. The van der Waals surface area contributed by atoms with Crippen molar-refractivity contribution in [3.63, 3.8) is 0 Å². The number of hydrogen-bond acceptors (Lipinski definition) is 6. The first-order valence-corrected chi connectivity index (χ1v) is 12.6. The van der Waals surface area contributed by atoms with Gasteiger partial charge in [-0.3, -0.25) is 14.0 Å². The molecule has 0 N–H and O–H groups in total. The second kappa shape index (κ2) is 9.95. The highest BCUT2D eigenvalue weighted by atomic mass is 32.1. The van der Waals surface area contributed by atoms with E-state index in [1.165, 1.54) is 17.6 Å². The zero-order valence-corrected chi connectivity index (χ0v) is 20.6. The van der Waals surface area contributed by atoms with Crippen molar-refractivity contribution in [2.75, 3.05) is 27.2 Å². The Kier molecular flexibility index (Phi) is 6.59. The van der Waals surface area contributed by atoms with Crippen LogP contribution >= 0.6 is 11.3 Å². The van der Waals surface area contributed by atoms with Crippen molar-refractivity contribution in [1.29, 1.82) is 0 Å². The third-order valence-corrected chi connectivity index (χ3v) is 7.58. The topological polar surface area (TPSA) is 80.3 Å². The molecule has 182 valence electrons. The lowest BCUT2D eigenvalue weighted by Crippen LogP contribution is -2.48. The van der Waals surface area contributed by atoms with Gasteiger partial charge in [-0.15, -0.1) is 11.3 Å². The Morgan fingerprint density at radius 3 is 2.80 bits per heavy atom. The molecule has 0 radical (unpaired) electrons. The number of fused-ring (bicyclic) bond motifs is 1. The Hall–Kier alpha value is -3.59. The molecule has 0 spiro atoms. The summed E-state index contributed by atoms with van der Waals surface area (Å²) in [6.45, 7) is 1.26. The van der Waals surface area contributed by atoms with Crippen LogP contribution in [0, 0.1) is 5.92 Å². The fraction of sp³-hybridized carbons (Fsp3) is 0.346. The van der Waals surface area contributed by atoms with Crippen LogP contribution in [-0.2, 0) is 6.42 Å². The standard InChI is InChI=1S/C26H28N4O4S/c1-28(25(32)23-7-4-13-34-23)22(16-18-5-3-6-20(15-18)33-2)19-8-10-29(11-9-19)24(31)21-17-30-12-14-35-26(30)27-21/h3-7,12-15,17,19,22H,8-11,16H2,1-2H3/t22-/m0/s1. The van der Waals surface area contributed by atoms with Gasteiger partial charge in [0.05, 0.1) is 13.4 Å². The number of aromatic nitrogens is 2.